The number of aromatic nitrogens is 3. The predicted molar refractivity (Wildman–Crippen MR) is 48.4 cm³/mol. The van der Waals surface area contributed by atoms with Gasteiger partial charge in [0, 0.05) is 12.3 Å². The number of hydrogen-bond donors (Lipinski definition) is 0. The first kappa shape index (κ1) is 7.20. The van der Waals surface area contributed by atoms with Crippen LogP contribution in [0, 0.1) is 0 Å². The summed E-state index contributed by atoms with van der Waals surface area (Å²) in [6.07, 6.45) is 1.65. The molecule has 0 amide bonds. The van der Waals surface area contributed by atoms with E-state index in [4.69, 9.17) is 4.42 Å². The molecule has 0 bridgehead atoms. The zero-order chi connectivity index (χ0) is 8.67. The van der Waals surface area contributed by atoms with Gasteiger partial charge in [-0.1, -0.05) is 11.8 Å². The van der Waals surface area contributed by atoms with Gasteiger partial charge < -0.3 is 4.42 Å². The van der Waals surface area contributed by atoms with Crippen LogP contribution >= 0.6 is 11.8 Å². The van der Waals surface area contributed by atoms with Crippen molar-refractivity contribution < 1.29 is 4.42 Å². The Bertz CT molecular complexity index is 421. The molecule has 0 saturated carbocycles. The van der Waals surface area contributed by atoms with Crippen molar-refractivity contribution in [2.24, 2.45) is 0 Å². The largest absolute Gasteiger partial charge is 0.461 e. The van der Waals surface area contributed by atoms with E-state index in [0.29, 0.717) is 0 Å². The van der Waals surface area contributed by atoms with E-state index in [-0.39, 0.29) is 0 Å². The molecule has 0 spiro atoms. The molecule has 3 heterocycles. The third-order valence-electron chi connectivity index (χ3n) is 2.00. The highest BCUT2D eigenvalue weighted by molar-refractivity contribution is 7.99. The third-order valence-corrected chi connectivity index (χ3v) is 2.95. The quantitative estimate of drug-likeness (QED) is 0.690. The lowest BCUT2D eigenvalue weighted by Crippen LogP contribution is -1.96. The molecule has 2 aromatic rings. The number of rotatable bonds is 1. The normalized spacial score (nSPS) is 14.8. The molecule has 1 aliphatic heterocycles. The van der Waals surface area contributed by atoms with Crippen LogP contribution < -0.4 is 0 Å². The molecule has 4 nitrogen and oxygen atoms in total. The van der Waals surface area contributed by atoms with Crippen LogP contribution in [0.4, 0.5) is 0 Å². The fraction of sp³-hybridized carbons (Fsp3) is 0.250. The maximum Gasteiger partial charge on any atom is 0.200 e. The van der Waals surface area contributed by atoms with Crippen LogP contribution in [-0.4, -0.2) is 20.5 Å². The zero-order valence-corrected chi connectivity index (χ0v) is 7.62. The van der Waals surface area contributed by atoms with E-state index >= 15 is 0 Å². The Morgan fingerprint density at radius 1 is 1.46 bits per heavy atom. The Morgan fingerprint density at radius 2 is 2.46 bits per heavy atom. The highest BCUT2D eigenvalue weighted by Crippen LogP contribution is 2.28. The van der Waals surface area contributed by atoms with Crippen LogP contribution in [-0.2, 0) is 6.54 Å². The minimum Gasteiger partial charge on any atom is -0.461 e. The summed E-state index contributed by atoms with van der Waals surface area (Å²) in [4.78, 5) is 0. The molecule has 2 aromatic heterocycles. The SMILES string of the molecule is c1coc(-c2nnc3n2CCS3)c1. The van der Waals surface area contributed by atoms with Crippen molar-refractivity contribution in [1.29, 1.82) is 0 Å². The van der Waals surface area contributed by atoms with Gasteiger partial charge in [0.1, 0.15) is 0 Å². The van der Waals surface area contributed by atoms with E-state index in [2.05, 4.69) is 14.8 Å². The number of fused-ring (bicyclic) bond motifs is 1. The van der Waals surface area contributed by atoms with Crippen LogP contribution in [0.2, 0.25) is 0 Å². The first-order chi connectivity index (χ1) is 6.45. The Labute approximate surface area is 79.0 Å². The number of nitrogens with zero attached hydrogens (tertiary/aromatic N) is 3. The Balaban J connectivity index is 2.16. The summed E-state index contributed by atoms with van der Waals surface area (Å²) < 4.78 is 7.36. The zero-order valence-electron chi connectivity index (χ0n) is 6.80. The van der Waals surface area contributed by atoms with Gasteiger partial charge in [0.2, 0.25) is 5.82 Å². The topological polar surface area (TPSA) is 43.9 Å². The van der Waals surface area contributed by atoms with E-state index in [1.165, 1.54) is 0 Å². The predicted octanol–water partition coefficient (Wildman–Crippen LogP) is 1.64. The molecule has 0 atom stereocenters. The molecule has 0 aliphatic carbocycles. The summed E-state index contributed by atoms with van der Waals surface area (Å²) >= 11 is 1.73. The summed E-state index contributed by atoms with van der Waals surface area (Å²) in [6, 6.07) is 3.76. The van der Waals surface area contributed by atoms with Crippen molar-refractivity contribution in [1.82, 2.24) is 14.8 Å². The highest BCUT2D eigenvalue weighted by Gasteiger charge is 2.20. The second-order valence-electron chi connectivity index (χ2n) is 2.78. The summed E-state index contributed by atoms with van der Waals surface area (Å²) in [5.41, 5.74) is 0. The first-order valence-electron chi connectivity index (χ1n) is 4.05. The fourth-order valence-electron chi connectivity index (χ4n) is 1.41. The van der Waals surface area contributed by atoms with E-state index in [9.17, 15) is 0 Å². The van der Waals surface area contributed by atoms with Crippen LogP contribution in [0.15, 0.2) is 28.0 Å². The van der Waals surface area contributed by atoms with Gasteiger partial charge in [-0.2, -0.15) is 0 Å². The van der Waals surface area contributed by atoms with Gasteiger partial charge in [-0.3, -0.25) is 4.57 Å². The van der Waals surface area contributed by atoms with E-state index in [1.807, 2.05) is 12.1 Å². The molecule has 1 aliphatic rings. The first-order valence-corrected chi connectivity index (χ1v) is 5.03. The molecule has 13 heavy (non-hydrogen) atoms. The lowest BCUT2D eigenvalue weighted by atomic mass is 10.4. The standard InChI is InChI=1S/C8H7N3OS/c1-2-6(12-4-1)7-9-10-8-11(7)3-5-13-8/h1-2,4H,3,5H2. The minimum absolute atomic E-state index is 0.793. The summed E-state index contributed by atoms with van der Waals surface area (Å²) in [5.74, 6) is 2.71. The molecule has 0 unspecified atom stereocenters. The molecule has 0 fully saturated rings. The van der Waals surface area contributed by atoms with Gasteiger partial charge >= 0.3 is 0 Å². The van der Waals surface area contributed by atoms with Crippen molar-refractivity contribution in [2.45, 2.75) is 11.7 Å². The average Bonchev–Trinajstić information content (AvgIpc) is 2.79. The molecular formula is C8H7N3OS. The third kappa shape index (κ3) is 1.00. The van der Waals surface area contributed by atoms with Crippen LogP contribution in [0.25, 0.3) is 11.6 Å². The molecule has 5 heteroatoms. The van der Waals surface area contributed by atoms with Crippen LogP contribution in [0.3, 0.4) is 0 Å². The molecule has 66 valence electrons. The Kier molecular flexibility index (Phi) is 1.46. The van der Waals surface area contributed by atoms with Crippen LogP contribution in [0.1, 0.15) is 0 Å². The Morgan fingerprint density at radius 3 is 3.31 bits per heavy atom. The second kappa shape index (κ2) is 2.63. The van der Waals surface area contributed by atoms with Crippen molar-refractivity contribution in [3.8, 4) is 11.6 Å². The molecule has 0 saturated heterocycles. The minimum atomic E-state index is 0.793. The maximum absolute atomic E-state index is 5.27. The number of thioether (sulfide) groups is 1. The van der Waals surface area contributed by atoms with Gasteiger partial charge in [-0.05, 0) is 12.1 Å². The maximum atomic E-state index is 5.27. The van der Waals surface area contributed by atoms with E-state index < -0.39 is 0 Å². The lowest BCUT2D eigenvalue weighted by molar-refractivity contribution is 0.569. The van der Waals surface area contributed by atoms with Crippen molar-refractivity contribution >= 4 is 11.8 Å². The summed E-state index contributed by atoms with van der Waals surface area (Å²) in [5, 5.41) is 9.14. The monoisotopic (exact) mass is 193 g/mol. The van der Waals surface area contributed by atoms with Crippen LogP contribution in [0.5, 0.6) is 0 Å². The molecule has 0 N–H and O–H groups in total. The Hall–Kier alpha value is -1.23. The second-order valence-corrected chi connectivity index (χ2v) is 3.85. The average molecular weight is 193 g/mol. The van der Waals surface area contributed by atoms with Gasteiger partial charge in [-0.15, -0.1) is 10.2 Å². The van der Waals surface area contributed by atoms with Crippen molar-refractivity contribution in [3.05, 3.63) is 18.4 Å². The molecule has 3 rings (SSSR count). The van der Waals surface area contributed by atoms with Gasteiger partial charge in [0.15, 0.2) is 10.9 Å². The molecule has 0 radical (unpaired) electrons. The highest BCUT2D eigenvalue weighted by atomic mass is 32.2. The molecular weight excluding hydrogens is 186 g/mol. The van der Waals surface area contributed by atoms with E-state index in [1.54, 1.807) is 18.0 Å². The van der Waals surface area contributed by atoms with Crippen molar-refractivity contribution in [3.63, 3.8) is 0 Å². The summed E-state index contributed by atoms with van der Waals surface area (Å²) in [7, 11) is 0. The van der Waals surface area contributed by atoms with Crippen molar-refractivity contribution in [2.75, 3.05) is 5.75 Å². The smallest absolute Gasteiger partial charge is 0.200 e. The fourth-order valence-corrected chi connectivity index (χ4v) is 2.30. The molecule has 0 aromatic carbocycles. The van der Waals surface area contributed by atoms with Gasteiger partial charge in [0.25, 0.3) is 0 Å². The summed E-state index contributed by atoms with van der Waals surface area (Å²) in [6.45, 7) is 0.975. The number of hydrogen-bond acceptors (Lipinski definition) is 4. The number of furan rings is 1. The van der Waals surface area contributed by atoms with Gasteiger partial charge in [-0.25, -0.2) is 0 Å². The van der Waals surface area contributed by atoms with Gasteiger partial charge in [0.05, 0.1) is 6.26 Å². The lowest BCUT2D eigenvalue weighted by Gasteiger charge is -1.96. The van der Waals surface area contributed by atoms with E-state index in [0.717, 1.165) is 29.0 Å².